The molecule has 0 saturated heterocycles. The molecule has 0 N–H and O–H groups in total. The summed E-state index contributed by atoms with van der Waals surface area (Å²) in [5.41, 5.74) is 2.36. The fourth-order valence-electron chi connectivity index (χ4n) is 3.16. The Kier molecular flexibility index (Phi) is 4.88. The Labute approximate surface area is 161 Å². The molecule has 0 unspecified atom stereocenters. The molecule has 1 heterocycles. The first-order chi connectivity index (χ1) is 12.6. The number of carbonyl (C=O) groups is 1. The standard InChI is InChI=1S/C20H18Cl2N2O2/c21-15-6-1-3-13(9-15)11-24(20(25)14-4-2-5-14)12-19-23-17-10-16(22)7-8-18(17)26-19/h1,3,6-10,14H,2,4-5,11-12H2. The highest BCUT2D eigenvalue weighted by molar-refractivity contribution is 6.31. The second-order valence-corrected chi connectivity index (χ2v) is 7.54. The molecule has 26 heavy (non-hydrogen) atoms. The first-order valence-corrected chi connectivity index (χ1v) is 9.42. The zero-order chi connectivity index (χ0) is 18.1. The van der Waals surface area contributed by atoms with Crippen molar-refractivity contribution < 1.29 is 9.21 Å². The molecule has 4 rings (SSSR count). The van der Waals surface area contributed by atoms with E-state index in [2.05, 4.69) is 4.98 Å². The van der Waals surface area contributed by atoms with Gasteiger partial charge in [-0.15, -0.1) is 0 Å². The molecule has 1 aliphatic carbocycles. The number of aromatic nitrogens is 1. The fraction of sp³-hybridized carbons (Fsp3) is 0.300. The van der Waals surface area contributed by atoms with Gasteiger partial charge in [-0.05, 0) is 48.7 Å². The Bertz CT molecular complexity index is 950. The molecule has 1 aliphatic rings. The van der Waals surface area contributed by atoms with Gasteiger partial charge in [0, 0.05) is 22.5 Å². The Morgan fingerprint density at radius 1 is 1.12 bits per heavy atom. The molecule has 0 aliphatic heterocycles. The van der Waals surface area contributed by atoms with Gasteiger partial charge >= 0.3 is 0 Å². The van der Waals surface area contributed by atoms with Crippen molar-refractivity contribution in [1.29, 1.82) is 0 Å². The van der Waals surface area contributed by atoms with E-state index < -0.39 is 0 Å². The largest absolute Gasteiger partial charge is 0.439 e. The minimum absolute atomic E-state index is 0.105. The normalized spacial score (nSPS) is 14.4. The number of oxazole rings is 1. The number of carbonyl (C=O) groups excluding carboxylic acids is 1. The van der Waals surface area contributed by atoms with E-state index in [0.717, 1.165) is 24.8 Å². The first kappa shape index (κ1) is 17.4. The fourth-order valence-corrected chi connectivity index (χ4v) is 3.54. The van der Waals surface area contributed by atoms with Crippen LogP contribution in [0.1, 0.15) is 30.7 Å². The number of amides is 1. The van der Waals surface area contributed by atoms with Crippen molar-refractivity contribution in [3.05, 3.63) is 64.0 Å². The summed E-state index contributed by atoms with van der Waals surface area (Å²) in [6, 6.07) is 12.9. The molecule has 0 atom stereocenters. The average molecular weight is 389 g/mol. The molecule has 1 saturated carbocycles. The van der Waals surface area contributed by atoms with Gasteiger partial charge in [0.2, 0.25) is 11.8 Å². The maximum atomic E-state index is 12.9. The summed E-state index contributed by atoms with van der Waals surface area (Å²) in [7, 11) is 0. The van der Waals surface area contributed by atoms with Crippen LogP contribution in [0.2, 0.25) is 10.0 Å². The van der Waals surface area contributed by atoms with Crippen molar-refractivity contribution in [2.45, 2.75) is 32.4 Å². The van der Waals surface area contributed by atoms with Crippen LogP contribution in [0.3, 0.4) is 0 Å². The summed E-state index contributed by atoms with van der Waals surface area (Å²) < 4.78 is 5.81. The summed E-state index contributed by atoms with van der Waals surface area (Å²) in [4.78, 5) is 19.2. The maximum absolute atomic E-state index is 12.9. The van der Waals surface area contributed by atoms with Crippen molar-refractivity contribution in [2.24, 2.45) is 5.92 Å². The molecule has 0 radical (unpaired) electrons. The van der Waals surface area contributed by atoms with Gasteiger partial charge in [0.25, 0.3) is 0 Å². The minimum atomic E-state index is 0.105. The van der Waals surface area contributed by atoms with Crippen LogP contribution in [0.15, 0.2) is 46.9 Å². The summed E-state index contributed by atoms with van der Waals surface area (Å²) in [6.45, 7) is 0.809. The van der Waals surface area contributed by atoms with Crippen LogP contribution in [-0.2, 0) is 17.9 Å². The zero-order valence-electron chi connectivity index (χ0n) is 14.1. The van der Waals surface area contributed by atoms with Crippen LogP contribution in [0.4, 0.5) is 0 Å². The average Bonchev–Trinajstić information content (AvgIpc) is 2.94. The summed E-state index contributed by atoms with van der Waals surface area (Å²) in [5.74, 6) is 0.765. The van der Waals surface area contributed by atoms with Gasteiger partial charge in [-0.1, -0.05) is 41.8 Å². The molecule has 0 spiro atoms. The topological polar surface area (TPSA) is 46.3 Å². The third kappa shape index (κ3) is 3.71. The summed E-state index contributed by atoms with van der Waals surface area (Å²) in [5, 5.41) is 1.27. The van der Waals surface area contributed by atoms with Gasteiger partial charge in [0.1, 0.15) is 5.52 Å². The molecule has 4 nitrogen and oxygen atoms in total. The monoisotopic (exact) mass is 388 g/mol. The number of hydrogen-bond donors (Lipinski definition) is 0. The highest BCUT2D eigenvalue weighted by Gasteiger charge is 2.30. The lowest BCUT2D eigenvalue weighted by Crippen LogP contribution is -2.38. The quantitative estimate of drug-likeness (QED) is 0.582. The maximum Gasteiger partial charge on any atom is 0.226 e. The van der Waals surface area contributed by atoms with E-state index in [4.69, 9.17) is 27.6 Å². The Morgan fingerprint density at radius 3 is 2.65 bits per heavy atom. The Balaban J connectivity index is 1.59. The minimum Gasteiger partial charge on any atom is -0.439 e. The third-order valence-electron chi connectivity index (χ3n) is 4.75. The molecule has 1 amide bonds. The van der Waals surface area contributed by atoms with Gasteiger partial charge in [0.05, 0.1) is 6.54 Å². The van der Waals surface area contributed by atoms with Gasteiger partial charge in [-0.2, -0.15) is 0 Å². The number of hydrogen-bond acceptors (Lipinski definition) is 3. The van der Waals surface area contributed by atoms with Crippen molar-refractivity contribution >= 4 is 40.2 Å². The van der Waals surface area contributed by atoms with Crippen molar-refractivity contribution in [3.8, 4) is 0 Å². The highest BCUT2D eigenvalue weighted by atomic mass is 35.5. The molecule has 1 fully saturated rings. The van der Waals surface area contributed by atoms with Crippen molar-refractivity contribution in [2.75, 3.05) is 0 Å². The summed E-state index contributed by atoms with van der Waals surface area (Å²) >= 11 is 12.1. The van der Waals surface area contributed by atoms with E-state index in [-0.39, 0.29) is 11.8 Å². The lowest BCUT2D eigenvalue weighted by atomic mass is 9.84. The SMILES string of the molecule is O=C(C1CCC1)N(Cc1cccc(Cl)c1)Cc1nc2cc(Cl)ccc2o1. The molecule has 0 bridgehead atoms. The summed E-state index contributed by atoms with van der Waals surface area (Å²) in [6.07, 6.45) is 3.02. The van der Waals surface area contributed by atoms with Gasteiger partial charge < -0.3 is 9.32 Å². The van der Waals surface area contributed by atoms with Gasteiger partial charge in [-0.25, -0.2) is 4.98 Å². The lowest BCUT2D eigenvalue weighted by Gasteiger charge is -2.31. The van der Waals surface area contributed by atoms with E-state index >= 15 is 0 Å². The van der Waals surface area contributed by atoms with Crippen LogP contribution in [0, 0.1) is 5.92 Å². The molecule has 134 valence electrons. The third-order valence-corrected chi connectivity index (χ3v) is 5.22. The molecule has 6 heteroatoms. The molecular weight excluding hydrogens is 371 g/mol. The van der Waals surface area contributed by atoms with Crippen LogP contribution in [0.5, 0.6) is 0 Å². The smallest absolute Gasteiger partial charge is 0.226 e. The molecule has 1 aromatic heterocycles. The van der Waals surface area contributed by atoms with E-state index in [1.807, 2.05) is 29.2 Å². The van der Waals surface area contributed by atoms with Gasteiger partial charge in [-0.3, -0.25) is 4.79 Å². The number of benzene rings is 2. The molecule has 3 aromatic rings. The predicted molar refractivity (Wildman–Crippen MR) is 102 cm³/mol. The van der Waals surface area contributed by atoms with E-state index in [9.17, 15) is 4.79 Å². The number of rotatable bonds is 5. The van der Waals surface area contributed by atoms with E-state index in [1.54, 1.807) is 18.2 Å². The molecular formula is C20H18Cl2N2O2. The number of nitrogens with zero attached hydrogens (tertiary/aromatic N) is 2. The predicted octanol–water partition coefficient (Wildman–Crippen LogP) is 5.46. The number of fused-ring (bicyclic) bond motifs is 1. The first-order valence-electron chi connectivity index (χ1n) is 8.67. The zero-order valence-corrected chi connectivity index (χ0v) is 15.6. The Hall–Kier alpha value is -2.04. The van der Waals surface area contributed by atoms with Crippen LogP contribution >= 0.6 is 23.2 Å². The number of halogens is 2. The van der Waals surface area contributed by atoms with E-state index in [0.29, 0.717) is 40.1 Å². The lowest BCUT2D eigenvalue weighted by molar-refractivity contribution is -0.139. The Morgan fingerprint density at radius 2 is 1.92 bits per heavy atom. The second kappa shape index (κ2) is 7.29. The van der Waals surface area contributed by atoms with Crippen LogP contribution in [0.25, 0.3) is 11.1 Å². The van der Waals surface area contributed by atoms with Crippen LogP contribution in [-0.4, -0.2) is 15.8 Å². The second-order valence-electron chi connectivity index (χ2n) is 6.67. The molecule has 2 aromatic carbocycles. The van der Waals surface area contributed by atoms with Crippen LogP contribution < -0.4 is 0 Å². The van der Waals surface area contributed by atoms with Crippen molar-refractivity contribution in [3.63, 3.8) is 0 Å². The van der Waals surface area contributed by atoms with E-state index in [1.165, 1.54) is 0 Å². The highest BCUT2D eigenvalue weighted by Crippen LogP contribution is 2.30. The van der Waals surface area contributed by atoms with Gasteiger partial charge in [0.15, 0.2) is 5.58 Å². The van der Waals surface area contributed by atoms with Crippen molar-refractivity contribution in [1.82, 2.24) is 9.88 Å².